The van der Waals surface area contributed by atoms with E-state index in [4.69, 9.17) is 0 Å². The van der Waals surface area contributed by atoms with Crippen molar-refractivity contribution in [3.8, 4) is 77.9 Å². The molecule has 4 fully saturated rings. The molecule has 5 aliphatic rings. The van der Waals surface area contributed by atoms with Crippen LogP contribution in [0.15, 0.2) is 304 Å². The van der Waals surface area contributed by atoms with Crippen LogP contribution in [0.25, 0.3) is 132 Å². The molecule has 1 spiro atoms. The van der Waals surface area contributed by atoms with Gasteiger partial charge in [-0.15, -0.1) is 0 Å². The molecule has 2 heterocycles. The number of rotatable bonds is 11. The van der Waals surface area contributed by atoms with Gasteiger partial charge in [-0.2, -0.15) is 0 Å². The summed E-state index contributed by atoms with van der Waals surface area (Å²) in [5, 5.41) is 16.0. The summed E-state index contributed by atoms with van der Waals surface area (Å²) < 4.78 is 0. The molecule has 4 bridgehead atoms. The summed E-state index contributed by atoms with van der Waals surface area (Å²) in [4.78, 5) is 11.7. The largest absolute Gasteiger partial charge is 0.355 e. The summed E-state index contributed by atoms with van der Waals surface area (Å²) in [7, 11) is 0. The molecule has 16 aromatic rings. The van der Waals surface area contributed by atoms with Crippen LogP contribution in [-0.4, -0.2) is 9.97 Å². The van der Waals surface area contributed by atoms with Crippen LogP contribution in [0.4, 0.5) is 28.4 Å². The lowest BCUT2D eigenvalue weighted by Gasteiger charge is -2.61. The second-order valence-corrected chi connectivity index (χ2v) is 28.1. The number of pyridine rings is 2. The van der Waals surface area contributed by atoms with Crippen molar-refractivity contribution in [3.05, 3.63) is 321 Å². The molecule has 0 aliphatic heterocycles. The monoisotopic (exact) mass is 1240 g/mol. The van der Waals surface area contributed by atoms with Gasteiger partial charge in [-0.25, -0.2) is 0 Å². The molecule has 21 rings (SSSR count). The van der Waals surface area contributed by atoms with Crippen molar-refractivity contribution in [2.75, 3.05) is 10.2 Å². The minimum atomic E-state index is -0.0371. The quantitative estimate of drug-likeness (QED) is 0.131. The first kappa shape index (κ1) is 55.9. The molecule has 0 saturated heterocycles. The zero-order valence-electron chi connectivity index (χ0n) is 54.1. The van der Waals surface area contributed by atoms with Crippen molar-refractivity contribution in [3.63, 3.8) is 0 Å². The number of hydrogen-bond donors (Lipinski definition) is 1. The average Bonchev–Trinajstić information content (AvgIpc) is 1.56. The molecule has 5 aliphatic carbocycles. The molecule has 4 heteroatoms. The molecule has 0 amide bonds. The predicted octanol–water partition coefficient (Wildman–Crippen LogP) is 24.9. The van der Waals surface area contributed by atoms with Crippen LogP contribution in [-0.2, 0) is 5.41 Å². The fraction of sp³-hybridized carbons (Fsp3) is 0.118. The highest BCUT2D eigenvalue weighted by molar-refractivity contribution is 6.34. The molecule has 4 saturated carbocycles. The summed E-state index contributed by atoms with van der Waals surface area (Å²) >= 11 is 0. The van der Waals surface area contributed by atoms with Crippen LogP contribution in [0.2, 0.25) is 0 Å². The number of benzene rings is 14. The van der Waals surface area contributed by atoms with Gasteiger partial charge < -0.3 is 10.2 Å². The Labute approximate surface area is 565 Å². The highest BCUT2D eigenvalue weighted by Crippen LogP contribution is 2.71. The SMILES string of the molecule is Cc1c(-c2ccncc2)cc(-c2cccc(Nc3ccc4cc(-c5cccc6cnccc56)c5c(N(c6ccccc6)c6cccc7ccccc67)ccc6c(-c7cc(-c8ccccc8)cc(-c8ccccc8)c7)cc3c4c65)c2)c2c1-c1ccccc1C21C2CC3CC(C2)CC1C3. The summed E-state index contributed by atoms with van der Waals surface area (Å²) in [5.41, 5.74) is 27.2. The molecule has 1 N–H and O–H groups in total. The first-order valence-corrected chi connectivity index (χ1v) is 34.7. The van der Waals surface area contributed by atoms with E-state index in [-0.39, 0.29) is 5.41 Å². The van der Waals surface area contributed by atoms with Gasteiger partial charge >= 0.3 is 0 Å². The van der Waals surface area contributed by atoms with Crippen LogP contribution in [0, 0.1) is 30.6 Å². The maximum Gasteiger partial charge on any atom is 0.0547 e. The van der Waals surface area contributed by atoms with E-state index in [1.807, 2.05) is 24.8 Å². The number of anilines is 5. The van der Waals surface area contributed by atoms with E-state index in [0.29, 0.717) is 11.8 Å². The van der Waals surface area contributed by atoms with Crippen molar-refractivity contribution >= 4 is 82.3 Å². The molecule has 0 unspecified atom stereocenters. The van der Waals surface area contributed by atoms with Crippen LogP contribution in [0.3, 0.4) is 0 Å². The average molecular weight is 1240 g/mol. The van der Waals surface area contributed by atoms with Crippen molar-refractivity contribution in [1.82, 2.24) is 9.97 Å². The van der Waals surface area contributed by atoms with Gasteiger partial charge in [-0.3, -0.25) is 9.97 Å². The van der Waals surface area contributed by atoms with Gasteiger partial charge in [0.1, 0.15) is 0 Å². The normalized spacial score (nSPS) is 18.2. The zero-order valence-corrected chi connectivity index (χ0v) is 54.1. The van der Waals surface area contributed by atoms with Gasteiger partial charge in [0.05, 0.1) is 11.4 Å². The number of fused-ring (bicyclic) bond motifs is 5. The Morgan fingerprint density at radius 3 is 1.79 bits per heavy atom. The number of hydrogen-bond acceptors (Lipinski definition) is 4. The Kier molecular flexibility index (Phi) is 12.7. The van der Waals surface area contributed by atoms with Gasteiger partial charge in [-0.1, -0.05) is 182 Å². The summed E-state index contributed by atoms with van der Waals surface area (Å²) in [6.07, 6.45) is 14.6. The minimum Gasteiger partial charge on any atom is -0.355 e. The topological polar surface area (TPSA) is 41.1 Å². The summed E-state index contributed by atoms with van der Waals surface area (Å²) in [5.74, 6) is 2.91. The molecule has 0 atom stereocenters. The standard InChI is InChI=1S/C93H68N4/c1-57-79(63-38-41-94-42-39-63)54-81(92-88(57)78-30-13-14-32-84(78)93(92)70-45-58-44-59(47-70)48-71(93)46-58)64-24-15-26-72(52-64)96-85-36-34-65-53-82(76-31-16-25-66-56-95-43-40-74(66)76)90-87(97(73-27-9-4-10-28-73)86-33-17-23-62-22-11-12-29-75(62)86)37-35-77-80(55-83(85)89(65)91(77)90)69-50-67(60-18-5-2-6-19-60)49-68(51-69)61-20-7-3-8-21-61/h2-43,49-56,58-59,70-71,96H,44-48H2,1H3. The molecular formula is C93H68N4. The second-order valence-electron chi connectivity index (χ2n) is 28.1. The van der Waals surface area contributed by atoms with Crippen molar-refractivity contribution in [2.24, 2.45) is 23.7 Å². The number of nitrogens with one attached hydrogen (secondary N) is 1. The third-order valence-electron chi connectivity index (χ3n) is 23.1. The Morgan fingerprint density at radius 2 is 1.01 bits per heavy atom. The molecule has 0 radical (unpaired) electrons. The smallest absolute Gasteiger partial charge is 0.0547 e. The predicted molar refractivity (Wildman–Crippen MR) is 406 cm³/mol. The van der Waals surface area contributed by atoms with Crippen LogP contribution >= 0.6 is 0 Å². The Hall–Kier alpha value is -11.5. The van der Waals surface area contributed by atoms with Crippen LogP contribution in [0.5, 0.6) is 0 Å². The molecule has 2 aromatic heterocycles. The van der Waals surface area contributed by atoms with Gasteiger partial charge in [-0.05, 0) is 281 Å². The highest BCUT2D eigenvalue weighted by Gasteiger charge is 2.62. The number of aromatic nitrogens is 2. The zero-order chi connectivity index (χ0) is 63.9. The maximum atomic E-state index is 4.67. The highest BCUT2D eigenvalue weighted by atomic mass is 15.1. The van der Waals surface area contributed by atoms with E-state index >= 15 is 0 Å². The fourth-order valence-corrected chi connectivity index (χ4v) is 19.4. The molecule has 97 heavy (non-hydrogen) atoms. The number of nitrogens with zero attached hydrogens (tertiary/aromatic N) is 3. The van der Waals surface area contributed by atoms with Gasteiger partial charge in [0.25, 0.3) is 0 Å². The summed E-state index contributed by atoms with van der Waals surface area (Å²) in [6.45, 7) is 2.40. The third-order valence-corrected chi connectivity index (χ3v) is 23.1. The van der Waals surface area contributed by atoms with E-state index in [1.54, 1.807) is 11.1 Å². The second kappa shape index (κ2) is 22.1. The van der Waals surface area contributed by atoms with E-state index in [1.165, 1.54) is 137 Å². The molecule has 14 aromatic carbocycles. The fourth-order valence-electron chi connectivity index (χ4n) is 19.4. The van der Waals surface area contributed by atoms with Crippen LogP contribution in [0.1, 0.15) is 48.8 Å². The maximum absolute atomic E-state index is 4.67. The Bertz CT molecular complexity index is 5720. The molecule has 460 valence electrons. The lowest BCUT2D eigenvalue weighted by molar-refractivity contribution is -0.0397. The van der Waals surface area contributed by atoms with Crippen molar-refractivity contribution in [2.45, 2.75) is 44.4 Å². The van der Waals surface area contributed by atoms with Gasteiger partial charge in [0.2, 0.25) is 0 Å². The van der Waals surface area contributed by atoms with Gasteiger partial charge in [0, 0.05) is 74.2 Å². The lowest BCUT2D eigenvalue weighted by atomic mass is 9.42. The van der Waals surface area contributed by atoms with Gasteiger partial charge in [0.15, 0.2) is 0 Å². The Morgan fingerprint density at radius 1 is 0.361 bits per heavy atom. The van der Waals surface area contributed by atoms with Crippen LogP contribution < -0.4 is 10.2 Å². The first-order valence-electron chi connectivity index (χ1n) is 34.7. The molecular weight excluding hydrogens is 1170 g/mol. The van der Waals surface area contributed by atoms with E-state index in [0.717, 1.165) is 73.1 Å². The third kappa shape index (κ3) is 8.68. The summed E-state index contributed by atoms with van der Waals surface area (Å²) in [6, 6.07) is 105. The minimum absolute atomic E-state index is 0.0371. The molecule has 4 nitrogen and oxygen atoms in total. The first-order chi connectivity index (χ1) is 48.0. The Balaban J connectivity index is 0.865. The van der Waals surface area contributed by atoms with E-state index < -0.39 is 0 Å². The van der Waals surface area contributed by atoms with Crippen molar-refractivity contribution < 1.29 is 0 Å². The lowest BCUT2D eigenvalue weighted by Crippen LogP contribution is -2.55. The van der Waals surface area contributed by atoms with Crippen molar-refractivity contribution in [1.29, 1.82) is 0 Å². The van der Waals surface area contributed by atoms with E-state index in [2.05, 4.69) is 306 Å². The number of para-hydroxylation sites is 1. The van der Waals surface area contributed by atoms with E-state index in [9.17, 15) is 0 Å².